The Kier molecular flexibility index (Phi) is 4.31. The molecular weight excluding hydrogens is 246 g/mol. The van der Waals surface area contributed by atoms with Crippen molar-refractivity contribution in [3.05, 3.63) is 16.8 Å². The molecule has 0 radical (unpaired) electrons. The first kappa shape index (κ1) is 15.2. The van der Waals surface area contributed by atoms with Gasteiger partial charge in [0.15, 0.2) is 11.7 Å². The van der Waals surface area contributed by atoms with Crippen LogP contribution in [0.15, 0.2) is 5.16 Å². The molecule has 0 bridgehead atoms. The number of oxime groups is 1. The lowest BCUT2D eigenvalue weighted by molar-refractivity contribution is 0.0884. The molecule has 0 aliphatic heterocycles. The van der Waals surface area contributed by atoms with Gasteiger partial charge in [0.25, 0.3) is 0 Å². The summed E-state index contributed by atoms with van der Waals surface area (Å²) in [4.78, 5) is 1.73. The van der Waals surface area contributed by atoms with E-state index in [-0.39, 0.29) is 5.84 Å². The molecule has 0 aliphatic carbocycles. The molecule has 0 saturated heterocycles. The lowest BCUT2D eigenvalue weighted by Gasteiger charge is -2.27. The molecule has 1 aromatic heterocycles. The fraction of sp³-hybridized carbons (Fsp3) is 0.583. The Hall–Kier alpha value is -1.89. The smallest absolute Gasteiger partial charge is 0.174 e. The van der Waals surface area contributed by atoms with E-state index >= 15 is 0 Å². The second kappa shape index (κ2) is 5.40. The van der Waals surface area contributed by atoms with Crippen LogP contribution in [-0.2, 0) is 0 Å². The molecule has 0 aliphatic rings. The van der Waals surface area contributed by atoms with E-state index in [9.17, 15) is 5.11 Å². The molecule has 1 aromatic rings. The summed E-state index contributed by atoms with van der Waals surface area (Å²) in [5.74, 6) is 0.452. The van der Waals surface area contributed by atoms with Crippen LogP contribution in [0.2, 0.25) is 0 Å². The highest BCUT2D eigenvalue weighted by Crippen LogP contribution is 2.22. The van der Waals surface area contributed by atoms with Gasteiger partial charge in [-0.15, -0.1) is 5.10 Å². The van der Waals surface area contributed by atoms with Crippen LogP contribution in [0.1, 0.15) is 30.7 Å². The molecular formula is C12H21N5O2. The SMILES string of the molecule is Cc1nnc(N(C)CC(C)(C)O)c(C(N)=NO)c1C. The number of likely N-dealkylation sites (N-methyl/N-ethyl adjacent to an activating group) is 1. The number of nitrogens with zero attached hydrogens (tertiary/aromatic N) is 4. The third-order valence-electron chi connectivity index (χ3n) is 2.79. The molecule has 0 unspecified atom stereocenters. The number of amidine groups is 1. The van der Waals surface area contributed by atoms with Crippen LogP contribution >= 0.6 is 0 Å². The standard InChI is InChI=1S/C12H21N5O2/c1-7-8(2)14-15-11(9(7)10(13)16-19)17(5)6-12(3,4)18/h18-19H,6H2,1-5H3,(H2,13,16). The summed E-state index contributed by atoms with van der Waals surface area (Å²) < 4.78 is 0. The molecule has 7 heteroatoms. The third-order valence-corrected chi connectivity index (χ3v) is 2.79. The fourth-order valence-electron chi connectivity index (χ4n) is 1.88. The van der Waals surface area contributed by atoms with Crippen molar-refractivity contribution in [2.75, 3.05) is 18.5 Å². The molecule has 7 nitrogen and oxygen atoms in total. The van der Waals surface area contributed by atoms with Crippen LogP contribution < -0.4 is 10.6 Å². The van der Waals surface area contributed by atoms with Crippen LogP contribution in [0.25, 0.3) is 0 Å². The third kappa shape index (κ3) is 3.54. The van der Waals surface area contributed by atoms with Crippen LogP contribution in [0.5, 0.6) is 0 Å². The summed E-state index contributed by atoms with van der Waals surface area (Å²) >= 11 is 0. The van der Waals surface area contributed by atoms with Crippen molar-refractivity contribution in [1.29, 1.82) is 0 Å². The Bertz CT molecular complexity index is 494. The zero-order valence-corrected chi connectivity index (χ0v) is 12.0. The van der Waals surface area contributed by atoms with Crippen molar-refractivity contribution < 1.29 is 10.3 Å². The Morgan fingerprint density at radius 1 is 1.37 bits per heavy atom. The minimum atomic E-state index is -0.891. The number of aryl methyl sites for hydroxylation is 1. The molecule has 1 heterocycles. The van der Waals surface area contributed by atoms with E-state index in [1.54, 1.807) is 32.7 Å². The normalized spacial score (nSPS) is 12.6. The zero-order valence-electron chi connectivity index (χ0n) is 12.0. The van der Waals surface area contributed by atoms with Gasteiger partial charge < -0.3 is 20.9 Å². The highest BCUT2D eigenvalue weighted by atomic mass is 16.4. The number of anilines is 1. The van der Waals surface area contributed by atoms with Gasteiger partial charge in [-0.05, 0) is 33.3 Å². The van der Waals surface area contributed by atoms with E-state index in [2.05, 4.69) is 15.4 Å². The summed E-state index contributed by atoms with van der Waals surface area (Å²) in [6.07, 6.45) is 0. The molecule has 4 N–H and O–H groups in total. The number of aromatic nitrogens is 2. The van der Waals surface area contributed by atoms with Gasteiger partial charge in [0, 0.05) is 13.6 Å². The summed E-state index contributed by atoms with van der Waals surface area (Å²) in [5, 5.41) is 29.9. The zero-order chi connectivity index (χ0) is 14.8. The van der Waals surface area contributed by atoms with E-state index in [0.717, 1.165) is 5.56 Å². The Labute approximate surface area is 112 Å². The molecule has 1 rings (SSSR count). The minimum absolute atomic E-state index is 0.0203. The van der Waals surface area contributed by atoms with Gasteiger partial charge in [0.1, 0.15) is 0 Å². The van der Waals surface area contributed by atoms with E-state index in [4.69, 9.17) is 10.9 Å². The second-order valence-corrected chi connectivity index (χ2v) is 5.26. The molecule has 0 spiro atoms. The van der Waals surface area contributed by atoms with Crippen LogP contribution in [-0.4, -0.2) is 45.5 Å². The number of hydrogen-bond donors (Lipinski definition) is 3. The van der Waals surface area contributed by atoms with Crippen molar-refractivity contribution in [2.45, 2.75) is 33.3 Å². The first-order valence-electron chi connectivity index (χ1n) is 5.92. The van der Waals surface area contributed by atoms with Gasteiger partial charge in [-0.2, -0.15) is 5.10 Å². The lowest BCUT2D eigenvalue weighted by Crippen LogP contribution is -2.38. The van der Waals surface area contributed by atoms with Gasteiger partial charge in [0.05, 0.1) is 16.9 Å². The molecule has 0 saturated carbocycles. The Morgan fingerprint density at radius 3 is 2.42 bits per heavy atom. The molecule has 106 valence electrons. The molecule has 0 atom stereocenters. The van der Waals surface area contributed by atoms with E-state index < -0.39 is 5.60 Å². The van der Waals surface area contributed by atoms with Gasteiger partial charge in [-0.3, -0.25) is 0 Å². The summed E-state index contributed by atoms with van der Waals surface area (Å²) in [6, 6.07) is 0. The van der Waals surface area contributed by atoms with Crippen molar-refractivity contribution >= 4 is 11.7 Å². The summed E-state index contributed by atoms with van der Waals surface area (Å²) in [6.45, 7) is 7.37. The first-order valence-corrected chi connectivity index (χ1v) is 5.92. The Morgan fingerprint density at radius 2 is 1.95 bits per heavy atom. The lowest BCUT2D eigenvalue weighted by atomic mass is 10.1. The second-order valence-electron chi connectivity index (χ2n) is 5.26. The maximum atomic E-state index is 9.86. The van der Waals surface area contributed by atoms with Crippen LogP contribution in [0, 0.1) is 13.8 Å². The van der Waals surface area contributed by atoms with Crippen LogP contribution in [0.4, 0.5) is 5.82 Å². The van der Waals surface area contributed by atoms with Crippen molar-refractivity contribution in [3.63, 3.8) is 0 Å². The minimum Gasteiger partial charge on any atom is -0.409 e. The average Bonchev–Trinajstić information content (AvgIpc) is 2.29. The number of hydrogen-bond acceptors (Lipinski definition) is 6. The average molecular weight is 267 g/mol. The highest BCUT2D eigenvalue weighted by Gasteiger charge is 2.22. The van der Waals surface area contributed by atoms with Crippen LogP contribution in [0.3, 0.4) is 0 Å². The number of nitrogens with two attached hydrogens (primary N) is 1. The first-order chi connectivity index (χ1) is 8.67. The maximum absolute atomic E-state index is 9.86. The largest absolute Gasteiger partial charge is 0.409 e. The highest BCUT2D eigenvalue weighted by molar-refractivity contribution is 6.02. The number of rotatable bonds is 4. The molecule has 0 fully saturated rings. The predicted octanol–water partition coefficient (Wildman–Crippen LogP) is 0.395. The maximum Gasteiger partial charge on any atom is 0.174 e. The molecule has 0 aromatic carbocycles. The fourth-order valence-corrected chi connectivity index (χ4v) is 1.88. The summed E-state index contributed by atoms with van der Waals surface area (Å²) in [5.41, 5.74) is 6.85. The topological polar surface area (TPSA) is 108 Å². The Balaban J connectivity index is 3.32. The molecule has 0 amide bonds. The van der Waals surface area contributed by atoms with E-state index in [1.165, 1.54) is 0 Å². The monoisotopic (exact) mass is 267 g/mol. The summed E-state index contributed by atoms with van der Waals surface area (Å²) in [7, 11) is 1.77. The van der Waals surface area contributed by atoms with Crippen molar-refractivity contribution in [3.8, 4) is 0 Å². The molecule has 19 heavy (non-hydrogen) atoms. The van der Waals surface area contributed by atoms with Gasteiger partial charge >= 0.3 is 0 Å². The van der Waals surface area contributed by atoms with Crippen molar-refractivity contribution in [1.82, 2.24) is 10.2 Å². The number of aliphatic hydroxyl groups is 1. The van der Waals surface area contributed by atoms with Gasteiger partial charge in [-0.1, -0.05) is 5.16 Å². The van der Waals surface area contributed by atoms with E-state index in [0.29, 0.717) is 23.6 Å². The van der Waals surface area contributed by atoms with Crippen molar-refractivity contribution in [2.24, 2.45) is 10.9 Å². The van der Waals surface area contributed by atoms with Gasteiger partial charge in [-0.25, -0.2) is 0 Å². The predicted molar refractivity (Wildman–Crippen MR) is 73.6 cm³/mol. The van der Waals surface area contributed by atoms with E-state index in [1.807, 2.05) is 6.92 Å². The quantitative estimate of drug-likeness (QED) is 0.315. The van der Waals surface area contributed by atoms with Gasteiger partial charge in [0.2, 0.25) is 0 Å².